The number of rotatable bonds is 6. The molecule has 0 radical (unpaired) electrons. The third kappa shape index (κ3) is 3.60. The first-order valence-electron chi connectivity index (χ1n) is 7.12. The minimum Gasteiger partial charge on any atom is -0.486 e. The fourth-order valence-corrected chi connectivity index (χ4v) is 3.02. The molecule has 0 spiro atoms. The molecule has 21 heavy (non-hydrogen) atoms. The molecule has 0 saturated carbocycles. The maximum Gasteiger partial charge on any atom is 0.140 e. The maximum absolute atomic E-state index is 5.86. The first kappa shape index (κ1) is 14.0. The molecule has 0 aliphatic rings. The molecule has 0 saturated heterocycles. The lowest BCUT2D eigenvalue weighted by Crippen LogP contribution is -2.11. The van der Waals surface area contributed by atoms with Crippen molar-refractivity contribution >= 4 is 21.6 Å². The van der Waals surface area contributed by atoms with Crippen molar-refractivity contribution < 1.29 is 4.74 Å². The van der Waals surface area contributed by atoms with E-state index in [0.717, 1.165) is 29.4 Å². The monoisotopic (exact) mass is 298 g/mol. The summed E-state index contributed by atoms with van der Waals surface area (Å²) in [5.41, 5.74) is 2.28. The van der Waals surface area contributed by atoms with Crippen LogP contribution in [0.5, 0.6) is 5.75 Å². The second-order valence-corrected chi connectivity index (χ2v) is 5.91. The Bertz CT molecular complexity index is 690. The van der Waals surface area contributed by atoms with E-state index in [-0.39, 0.29) is 0 Å². The third-order valence-electron chi connectivity index (χ3n) is 3.18. The lowest BCUT2D eigenvalue weighted by molar-refractivity contribution is 0.305. The van der Waals surface area contributed by atoms with Crippen LogP contribution in [0.1, 0.15) is 17.5 Å². The van der Waals surface area contributed by atoms with E-state index < -0.39 is 0 Å². The van der Waals surface area contributed by atoms with Gasteiger partial charge >= 0.3 is 0 Å². The van der Waals surface area contributed by atoms with Gasteiger partial charge in [-0.2, -0.15) is 0 Å². The zero-order valence-corrected chi connectivity index (χ0v) is 12.8. The minimum atomic E-state index is 0.518. The zero-order chi connectivity index (χ0) is 14.5. The molecule has 0 bridgehead atoms. The predicted octanol–water partition coefficient (Wildman–Crippen LogP) is 3.98. The topological polar surface area (TPSA) is 34.1 Å². The van der Waals surface area contributed by atoms with Gasteiger partial charge in [-0.3, -0.25) is 0 Å². The summed E-state index contributed by atoms with van der Waals surface area (Å²) in [5.74, 6) is 0.893. The number of aromatic nitrogens is 1. The highest BCUT2D eigenvalue weighted by atomic mass is 32.1. The molecule has 3 rings (SSSR count). The van der Waals surface area contributed by atoms with Crippen molar-refractivity contribution in [3.8, 4) is 5.75 Å². The minimum absolute atomic E-state index is 0.518. The van der Waals surface area contributed by atoms with Gasteiger partial charge in [0.05, 0.1) is 10.2 Å². The van der Waals surface area contributed by atoms with Crippen molar-refractivity contribution in [2.24, 2.45) is 0 Å². The third-order valence-corrected chi connectivity index (χ3v) is 4.19. The van der Waals surface area contributed by atoms with Crippen LogP contribution in [-0.2, 0) is 13.2 Å². The highest BCUT2D eigenvalue weighted by molar-refractivity contribution is 7.18. The van der Waals surface area contributed by atoms with Gasteiger partial charge in [0.1, 0.15) is 17.4 Å². The van der Waals surface area contributed by atoms with Gasteiger partial charge in [0, 0.05) is 6.54 Å². The molecule has 0 aliphatic heterocycles. The van der Waals surface area contributed by atoms with Gasteiger partial charge in [-0.05, 0) is 36.4 Å². The van der Waals surface area contributed by atoms with Gasteiger partial charge in [-0.1, -0.05) is 31.2 Å². The van der Waals surface area contributed by atoms with E-state index in [1.165, 1.54) is 10.3 Å². The Kier molecular flexibility index (Phi) is 4.48. The van der Waals surface area contributed by atoms with Gasteiger partial charge in [0.25, 0.3) is 0 Å². The number of hydrogen-bond donors (Lipinski definition) is 1. The average Bonchev–Trinajstić information content (AvgIpc) is 2.94. The molecule has 0 fully saturated rings. The second kappa shape index (κ2) is 6.70. The van der Waals surface area contributed by atoms with Crippen LogP contribution in [0.2, 0.25) is 0 Å². The van der Waals surface area contributed by atoms with Crippen LogP contribution in [0.15, 0.2) is 48.5 Å². The molecule has 0 unspecified atom stereocenters. The first-order chi connectivity index (χ1) is 10.3. The Morgan fingerprint density at radius 3 is 2.90 bits per heavy atom. The van der Waals surface area contributed by atoms with Gasteiger partial charge in [0.2, 0.25) is 0 Å². The Hall–Kier alpha value is -1.91. The summed E-state index contributed by atoms with van der Waals surface area (Å²) in [4.78, 5) is 4.58. The van der Waals surface area contributed by atoms with Crippen LogP contribution in [0.25, 0.3) is 10.2 Å². The summed E-state index contributed by atoms with van der Waals surface area (Å²) < 4.78 is 7.07. The van der Waals surface area contributed by atoms with Crippen LogP contribution in [0.4, 0.5) is 0 Å². The van der Waals surface area contributed by atoms with Crippen molar-refractivity contribution in [2.75, 3.05) is 6.54 Å². The molecule has 108 valence electrons. The molecule has 4 heteroatoms. The van der Waals surface area contributed by atoms with Crippen LogP contribution in [0.3, 0.4) is 0 Å². The van der Waals surface area contributed by atoms with E-state index in [1.54, 1.807) is 11.3 Å². The Morgan fingerprint density at radius 1 is 1.14 bits per heavy atom. The number of para-hydroxylation sites is 1. The van der Waals surface area contributed by atoms with E-state index in [0.29, 0.717) is 6.61 Å². The van der Waals surface area contributed by atoms with Crippen molar-refractivity contribution in [3.05, 3.63) is 59.1 Å². The summed E-state index contributed by atoms with van der Waals surface area (Å²) in [6, 6.07) is 16.4. The molecule has 0 amide bonds. The van der Waals surface area contributed by atoms with Gasteiger partial charge in [-0.15, -0.1) is 11.3 Å². The number of thiazole rings is 1. The van der Waals surface area contributed by atoms with Crippen molar-refractivity contribution in [1.82, 2.24) is 10.3 Å². The zero-order valence-electron chi connectivity index (χ0n) is 12.0. The molecule has 1 aromatic heterocycles. The molecule has 1 N–H and O–H groups in total. The smallest absolute Gasteiger partial charge is 0.140 e. The normalized spacial score (nSPS) is 10.9. The lowest BCUT2D eigenvalue weighted by Gasteiger charge is -2.07. The summed E-state index contributed by atoms with van der Waals surface area (Å²) >= 11 is 1.69. The highest BCUT2D eigenvalue weighted by Gasteiger charge is 2.04. The van der Waals surface area contributed by atoms with E-state index in [2.05, 4.69) is 35.4 Å². The largest absolute Gasteiger partial charge is 0.486 e. The molecule has 0 aliphatic carbocycles. The van der Waals surface area contributed by atoms with E-state index in [4.69, 9.17) is 4.74 Å². The number of benzene rings is 2. The van der Waals surface area contributed by atoms with E-state index in [1.807, 2.05) is 30.3 Å². The van der Waals surface area contributed by atoms with Crippen LogP contribution < -0.4 is 10.1 Å². The second-order valence-electron chi connectivity index (χ2n) is 4.79. The Balaban J connectivity index is 1.66. The van der Waals surface area contributed by atoms with Crippen molar-refractivity contribution in [1.29, 1.82) is 0 Å². The summed E-state index contributed by atoms with van der Waals surface area (Å²) in [5, 5.41) is 4.33. The number of ether oxygens (including phenoxy) is 1. The SMILES string of the molecule is CCNCc1cccc(OCc2nc3ccccc3s2)c1. The lowest BCUT2D eigenvalue weighted by atomic mass is 10.2. The predicted molar refractivity (Wildman–Crippen MR) is 87.8 cm³/mol. The number of nitrogens with zero attached hydrogens (tertiary/aromatic N) is 1. The summed E-state index contributed by atoms with van der Waals surface area (Å²) in [6.07, 6.45) is 0. The molecule has 0 atom stereocenters. The standard InChI is InChI=1S/C17H18N2OS/c1-2-18-11-13-6-5-7-14(10-13)20-12-17-19-15-8-3-4-9-16(15)21-17/h3-10,18H,2,11-12H2,1H3. The molecule has 2 aromatic carbocycles. The molecule has 3 aromatic rings. The van der Waals surface area contributed by atoms with Crippen LogP contribution in [-0.4, -0.2) is 11.5 Å². The fourth-order valence-electron chi connectivity index (χ4n) is 2.14. The molecular weight excluding hydrogens is 280 g/mol. The Morgan fingerprint density at radius 2 is 2.05 bits per heavy atom. The number of nitrogens with one attached hydrogen (secondary N) is 1. The first-order valence-corrected chi connectivity index (χ1v) is 7.93. The summed E-state index contributed by atoms with van der Waals surface area (Å²) in [6.45, 7) is 4.46. The quantitative estimate of drug-likeness (QED) is 0.747. The highest BCUT2D eigenvalue weighted by Crippen LogP contribution is 2.23. The molecular formula is C17H18N2OS. The van der Waals surface area contributed by atoms with Crippen molar-refractivity contribution in [3.63, 3.8) is 0 Å². The van der Waals surface area contributed by atoms with Crippen LogP contribution >= 0.6 is 11.3 Å². The van der Waals surface area contributed by atoms with E-state index >= 15 is 0 Å². The number of fused-ring (bicyclic) bond motifs is 1. The van der Waals surface area contributed by atoms with E-state index in [9.17, 15) is 0 Å². The van der Waals surface area contributed by atoms with Gasteiger partial charge in [-0.25, -0.2) is 4.98 Å². The average molecular weight is 298 g/mol. The van der Waals surface area contributed by atoms with Crippen LogP contribution in [0, 0.1) is 0 Å². The maximum atomic E-state index is 5.86. The summed E-state index contributed by atoms with van der Waals surface area (Å²) in [7, 11) is 0. The fraction of sp³-hybridized carbons (Fsp3) is 0.235. The van der Waals surface area contributed by atoms with Gasteiger partial charge < -0.3 is 10.1 Å². The molecule has 1 heterocycles. The number of hydrogen-bond acceptors (Lipinski definition) is 4. The Labute approximate surface area is 128 Å². The molecule has 3 nitrogen and oxygen atoms in total. The van der Waals surface area contributed by atoms with Crippen molar-refractivity contribution in [2.45, 2.75) is 20.1 Å². The van der Waals surface area contributed by atoms with Gasteiger partial charge in [0.15, 0.2) is 0 Å².